The number of carboxylic acid groups (broad SMARTS) is 1. The number of nitrogens with zero attached hydrogens (tertiary/aromatic N) is 1. The third kappa shape index (κ3) is 3.15. The molecule has 2 N–H and O–H groups in total. The Morgan fingerprint density at radius 1 is 1.30 bits per heavy atom. The van der Waals surface area contributed by atoms with E-state index in [4.69, 9.17) is 0 Å². The van der Waals surface area contributed by atoms with Crippen LogP contribution in [0.5, 0.6) is 0 Å². The van der Waals surface area contributed by atoms with Crippen molar-refractivity contribution >= 4 is 17.3 Å². The Kier molecular flexibility index (Phi) is 4.03. The summed E-state index contributed by atoms with van der Waals surface area (Å²) < 4.78 is 0. The van der Waals surface area contributed by atoms with Crippen LogP contribution in [0, 0.1) is 6.92 Å². The lowest BCUT2D eigenvalue weighted by Crippen LogP contribution is -2.04. The Morgan fingerprint density at radius 2 is 2.05 bits per heavy atom. The molecule has 0 aliphatic heterocycles. The van der Waals surface area contributed by atoms with Gasteiger partial charge in [-0.05, 0) is 36.6 Å². The lowest BCUT2D eigenvalue weighted by atomic mass is 10.0. The van der Waals surface area contributed by atoms with Crippen LogP contribution in [-0.2, 0) is 0 Å². The monoisotopic (exact) mass is 270 g/mol. The summed E-state index contributed by atoms with van der Waals surface area (Å²) in [5.74, 6) is -0.560. The Hall–Kier alpha value is -2.36. The highest BCUT2D eigenvalue weighted by molar-refractivity contribution is 5.94. The number of benzene rings is 1. The molecule has 1 aromatic heterocycles. The number of rotatable bonds is 4. The zero-order chi connectivity index (χ0) is 14.7. The number of aryl methyl sites for hydroxylation is 1. The molecule has 0 saturated carbocycles. The first-order valence-electron chi connectivity index (χ1n) is 6.54. The van der Waals surface area contributed by atoms with Gasteiger partial charge < -0.3 is 10.4 Å². The Labute approximate surface area is 118 Å². The van der Waals surface area contributed by atoms with Crippen molar-refractivity contribution in [2.45, 2.75) is 26.7 Å². The van der Waals surface area contributed by atoms with Crippen LogP contribution in [0.4, 0.5) is 11.4 Å². The van der Waals surface area contributed by atoms with Gasteiger partial charge in [0, 0.05) is 17.6 Å². The van der Waals surface area contributed by atoms with E-state index in [1.54, 1.807) is 6.07 Å². The molecule has 0 radical (unpaired) electrons. The van der Waals surface area contributed by atoms with Crippen LogP contribution in [0.25, 0.3) is 0 Å². The second-order valence-corrected chi connectivity index (χ2v) is 5.08. The minimum atomic E-state index is -0.986. The van der Waals surface area contributed by atoms with Gasteiger partial charge in [-0.2, -0.15) is 0 Å². The molecule has 2 rings (SSSR count). The number of aromatic carboxylic acids is 1. The molecule has 104 valence electrons. The minimum Gasteiger partial charge on any atom is -0.478 e. The number of hydrogen-bond acceptors (Lipinski definition) is 3. The molecule has 0 aliphatic rings. The summed E-state index contributed by atoms with van der Waals surface area (Å²) in [6, 6.07) is 9.72. The van der Waals surface area contributed by atoms with Crippen molar-refractivity contribution in [2.24, 2.45) is 0 Å². The third-order valence-corrected chi connectivity index (χ3v) is 3.10. The van der Waals surface area contributed by atoms with Crippen LogP contribution >= 0.6 is 0 Å². The second-order valence-electron chi connectivity index (χ2n) is 5.08. The van der Waals surface area contributed by atoms with Crippen molar-refractivity contribution in [1.82, 2.24) is 4.98 Å². The van der Waals surface area contributed by atoms with Gasteiger partial charge in [-0.3, -0.25) is 4.98 Å². The highest BCUT2D eigenvalue weighted by Crippen LogP contribution is 2.24. The SMILES string of the molecule is Cc1cc(Nc2cccc(C(C)C)c2)c(C(=O)O)cn1. The fraction of sp³-hybridized carbons (Fsp3) is 0.250. The maximum absolute atomic E-state index is 11.2. The van der Waals surface area contributed by atoms with E-state index in [9.17, 15) is 9.90 Å². The normalized spacial score (nSPS) is 10.6. The van der Waals surface area contributed by atoms with Crippen LogP contribution in [0.2, 0.25) is 0 Å². The molecule has 2 aromatic rings. The predicted octanol–water partition coefficient (Wildman–Crippen LogP) is 3.96. The van der Waals surface area contributed by atoms with Crippen molar-refractivity contribution in [1.29, 1.82) is 0 Å². The average molecular weight is 270 g/mol. The molecule has 0 spiro atoms. The fourth-order valence-corrected chi connectivity index (χ4v) is 1.96. The fourth-order valence-electron chi connectivity index (χ4n) is 1.96. The van der Waals surface area contributed by atoms with Gasteiger partial charge in [0.2, 0.25) is 0 Å². The maximum atomic E-state index is 11.2. The van der Waals surface area contributed by atoms with Gasteiger partial charge in [-0.15, -0.1) is 0 Å². The summed E-state index contributed by atoms with van der Waals surface area (Å²) in [5, 5.41) is 12.4. The number of anilines is 2. The summed E-state index contributed by atoms with van der Waals surface area (Å²) in [5.41, 5.74) is 3.59. The first-order valence-corrected chi connectivity index (χ1v) is 6.54. The predicted molar refractivity (Wildman–Crippen MR) is 79.7 cm³/mol. The molecule has 1 heterocycles. The van der Waals surface area contributed by atoms with Gasteiger partial charge in [0.05, 0.1) is 5.69 Å². The number of aromatic nitrogens is 1. The number of carboxylic acids is 1. The van der Waals surface area contributed by atoms with E-state index < -0.39 is 5.97 Å². The first-order chi connectivity index (χ1) is 9.47. The van der Waals surface area contributed by atoms with Gasteiger partial charge in [0.1, 0.15) is 5.56 Å². The first kappa shape index (κ1) is 14.1. The van der Waals surface area contributed by atoms with Crippen molar-refractivity contribution in [3.8, 4) is 0 Å². The number of carbonyl (C=O) groups is 1. The summed E-state index contributed by atoms with van der Waals surface area (Å²) >= 11 is 0. The van der Waals surface area contributed by atoms with Crippen molar-refractivity contribution in [2.75, 3.05) is 5.32 Å². The molecular formula is C16H18N2O2. The second kappa shape index (κ2) is 5.74. The molecule has 0 amide bonds. The van der Waals surface area contributed by atoms with E-state index in [1.807, 2.05) is 25.1 Å². The topological polar surface area (TPSA) is 62.2 Å². The summed E-state index contributed by atoms with van der Waals surface area (Å²) in [7, 11) is 0. The Balaban J connectivity index is 2.36. The van der Waals surface area contributed by atoms with Crippen molar-refractivity contribution in [3.63, 3.8) is 0 Å². The van der Waals surface area contributed by atoms with Crippen LogP contribution < -0.4 is 5.32 Å². The van der Waals surface area contributed by atoms with E-state index in [1.165, 1.54) is 11.8 Å². The number of hydrogen-bond donors (Lipinski definition) is 2. The van der Waals surface area contributed by atoms with Crippen LogP contribution in [-0.4, -0.2) is 16.1 Å². The molecule has 0 atom stereocenters. The van der Waals surface area contributed by atoms with Crippen LogP contribution in [0.3, 0.4) is 0 Å². The van der Waals surface area contributed by atoms with Crippen molar-refractivity contribution in [3.05, 3.63) is 53.3 Å². The minimum absolute atomic E-state index is 0.172. The van der Waals surface area contributed by atoms with Gasteiger partial charge in [-0.25, -0.2) is 4.79 Å². The molecule has 20 heavy (non-hydrogen) atoms. The Bertz CT molecular complexity index is 636. The smallest absolute Gasteiger partial charge is 0.339 e. The van der Waals surface area contributed by atoms with E-state index in [0.717, 1.165) is 11.4 Å². The maximum Gasteiger partial charge on any atom is 0.339 e. The molecule has 0 aliphatic carbocycles. The van der Waals surface area contributed by atoms with Crippen LogP contribution in [0.1, 0.15) is 41.4 Å². The number of nitrogens with one attached hydrogen (secondary N) is 1. The molecule has 0 saturated heterocycles. The molecule has 0 fully saturated rings. The van der Waals surface area contributed by atoms with E-state index in [2.05, 4.69) is 30.2 Å². The third-order valence-electron chi connectivity index (χ3n) is 3.10. The molecule has 0 bridgehead atoms. The zero-order valence-corrected chi connectivity index (χ0v) is 11.8. The van der Waals surface area contributed by atoms with Gasteiger partial charge in [-0.1, -0.05) is 26.0 Å². The Morgan fingerprint density at radius 3 is 2.70 bits per heavy atom. The summed E-state index contributed by atoms with van der Waals surface area (Å²) in [6.07, 6.45) is 1.38. The zero-order valence-electron chi connectivity index (χ0n) is 11.8. The van der Waals surface area contributed by atoms with Crippen molar-refractivity contribution < 1.29 is 9.90 Å². The molecule has 0 unspecified atom stereocenters. The molecule has 1 aromatic carbocycles. The van der Waals surface area contributed by atoms with Gasteiger partial charge in [0.25, 0.3) is 0 Å². The summed E-state index contributed by atoms with van der Waals surface area (Å²) in [4.78, 5) is 15.2. The van der Waals surface area contributed by atoms with E-state index in [0.29, 0.717) is 11.6 Å². The largest absolute Gasteiger partial charge is 0.478 e. The quantitative estimate of drug-likeness (QED) is 0.882. The van der Waals surface area contributed by atoms with Gasteiger partial charge >= 0.3 is 5.97 Å². The van der Waals surface area contributed by atoms with E-state index >= 15 is 0 Å². The standard InChI is InChI=1S/C16H18N2O2/c1-10(2)12-5-4-6-13(8-12)18-15-7-11(3)17-9-14(15)16(19)20/h4-10H,1-3H3,(H,17,18)(H,19,20). The average Bonchev–Trinajstić information content (AvgIpc) is 2.38. The lowest BCUT2D eigenvalue weighted by molar-refractivity contribution is 0.0697. The van der Waals surface area contributed by atoms with Gasteiger partial charge in [0.15, 0.2) is 0 Å². The molecule has 4 nitrogen and oxygen atoms in total. The molecule has 4 heteroatoms. The summed E-state index contributed by atoms with van der Waals surface area (Å²) in [6.45, 7) is 6.08. The molecular weight excluding hydrogens is 252 g/mol. The lowest BCUT2D eigenvalue weighted by Gasteiger charge is -2.12. The number of pyridine rings is 1. The highest BCUT2D eigenvalue weighted by Gasteiger charge is 2.11. The van der Waals surface area contributed by atoms with E-state index in [-0.39, 0.29) is 5.56 Å². The van der Waals surface area contributed by atoms with Crippen LogP contribution in [0.15, 0.2) is 36.5 Å². The highest BCUT2D eigenvalue weighted by atomic mass is 16.4.